The summed E-state index contributed by atoms with van der Waals surface area (Å²) in [7, 11) is 0. The minimum atomic E-state index is -0.542. The maximum atomic E-state index is 12.7. The zero-order chi connectivity index (χ0) is 16.7. The number of carbonyl (C=O) groups is 2. The topological polar surface area (TPSA) is 49.4 Å². The van der Waals surface area contributed by atoms with E-state index in [4.69, 9.17) is 0 Å². The molecule has 2 amide bonds. The molecule has 0 fully saturated rings. The van der Waals surface area contributed by atoms with Crippen LogP contribution in [0.4, 0.5) is 0 Å². The van der Waals surface area contributed by atoms with E-state index in [0.29, 0.717) is 18.0 Å². The van der Waals surface area contributed by atoms with Crippen LogP contribution in [-0.2, 0) is 11.3 Å². The monoisotopic (exact) mass is 330 g/mol. The molecule has 1 unspecified atom stereocenters. The summed E-state index contributed by atoms with van der Waals surface area (Å²) < 4.78 is 0. The van der Waals surface area contributed by atoms with E-state index in [2.05, 4.69) is 5.32 Å². The van der Waals surface area contributed by atoms with E-state index in [0.717, 1.165) is 12.0 Å². The van der Waals surface area contributed by atoms with E-state index < -0.39 is 6.04 Å². The summed E-state index contributed by atoms with van der Waals surface area (Å²) in [5.41, 5.74) is 1.09. The number of benzene rings is 1. The molecular weight excluding hydrogens is 308 g/mol. The minimum absolute atomic E-state index is 0.0550. The van der Waals surface area contributed by atoms with Crippen LogP contribution in [-0.4, -0.2) is 29.3 Å². The van der Waals surface area contributed by atoms with Gasteiger partial charge in [-0.2, -0.15) is 0 Å². The second-order valence-electron chi connectivity index (χ2n) is 5.42. The molecule has 5 heteroatoms. The molecule has 0 saturated heterocycles. The van der Waals surface area contributed by atoms with Gasteiger partial charge in [0, 0.05) is 13.1 Å². The van der Waals surface area contributed by atoms with E-state index in [9.17, 15) is 9.59 Å². The highest BCUT2D eigenvalue weighted by molar-refractivity contribution is 7.12. The van der Waals surface area contributed by atoms with E-state index in [1.807, 2.05) is 48.7 Å². The van der Waals surface area contributed by atoms with Crippen molar-refractivity contribution in [3.8, 4) is 0 Å². The maximum absolute atomic E-state index is 12.7. The molecule has 2 aromatic rings. The van der Waals surface area contributed by atoms with Crippen molar-refractivity contribution in [1.82, 2.24) is 10.2 Å². The van der Waals surface area contributed by atoms with Crippen LogP contribution in [0.1, 0.15) is 35.5 Å². The molecule has 1 heterocycles. The van der Waals surface area contributed by atoms with Gasteiger partial charge in [0.05, 0.1) is 4.88 Å². The third-order valence-electron chi connectivity index (χ3n) is 3.48. The molecule has 0 saturated carbocycles. The molecule has 1 aromatic heterocycles. The van der Waals surface area contributed by atoms with Crippen molar-refractivity contribution in [2.75, 3.05) is 6.54 Å². The Balaban J connectivity index is 2.00. The van der Waals surface area contributed by atoms with Crippen molar-refractivity contribution in [1.29, 1.82) is 0 Å². The van der Waals surface area contributed by atoms with Gasteiger partial charge in [-0.1, -0.05) is 43.3 Å². The lowest BCUT2D eigenvalue weighted by molar-refractivity contribution is -0.133. The minimum Gasteiger partial charge on any atom is -0.340 e. The van der Waals surface area contributed by atoms with Gasteiger partial charge < -0.3 is 10.2 Å². The van der Waals surface area contributed by atoms with Crippen LogP contribution in [0.15, 0.2) is 47.8 Å². The lowest BCUT2D eigenvalue weighted by atomic mass is 10.2. The van der Waals surface area contributed by atoms with Gasteiger partial charge in [-0.3, -0.25) is 9.59 Å². The Morgan fingerprint density at radius 2 is 1.91 bits per heavy atom. The Kier molecular flexibility index (Phi) is 6.35. The number of amides is 2. The molecule has 1 N–H and O–H groups in total. The van der Waals surface area contributed by atoms with Crippen LogP contribution in [0.5, 0.6) is 0 Å². The SMILES string of the molecule is CCCN(Cc1ccccc1)C(=O)C(C)NC(=O)c1cccs1. The number of thiophene rings is 1. The molecule has 122 valence electrons. The third kappa shape index (κ3) is 4.93. The zero-order valence-corrected chi connectivity index (χ0v) is 14.3. The lowest BCUT2D eigenvalue weighted by Gasteiger charge is -2.26. The van der Waals surface area contributed by atoms with E-state index in [1.54, 1.807) is 17.9 Å². The Hall–Kier alpha value is -2.14. The van der Waals surface area contributed by atoms with Crippen molar-refractivity contribution in [3.63, 3.8) is 0 Å². The first kappa shape index (κ1) is 17.2. The predicted molar refractivity (Wildman–Crippen MR) is 93.4 cm³/mol. The Bertz CT molecular complexity index is 626. The van der Waals surface area contributed by atoms with Gasteiger partial charge in [0.1, 0.15) is 6.04 Å². The van der Waals surface area contributed by atoms with Gasteiger partial charge in [-0.15, -0.1) is 11.3 Å². The summed E-state index contributed by atoms with van der Waals surface area (Å²) in [6.45, 7) is 5.02. The molecule has 0 bridgehead atoms. The molecule has 23 heavy (non-hydrogen) atoms. The summed E-state index contributed by atoms with van der Waals surface area (Å²) in [4.78, 5) is 27.2. The van der Waals surface area contributed by atoms with Crippen LogP contribution in [0, 0.1) is 0 Å². The molecule has 0 aliphatic rings. The molecule has 0 spiro atoms. The number of hydrogen-bond donors (Lipinski definition) is 1. The van der Waals surface area contributed by atoms with E-state index in [1.165, 1.54) is 11.3 Å². The fraction of sp³-hybridized carbons (Fsp3) is 0.333. The van der Waals surface area contributed by atoms with Crippen molar-refractivity contribution >= 4 is 23.2 Å². The normalized spacial score (nSPS) is 11.7. The summed E-state index contributed by atoms with van der Waals surface area (Å²) in [5, 5.41) is 4.63. The van der Waals surface area contributed by atoms with Crippen molar-refractivity contribution in [2.24, 2.45) is 0 Å². The smallest absolute Gasteiger partial charge is 0.261 e. The van der Waals surface area contributed by atoms with Gasteiger partial charge in [0.25, 0.3) is 5.91 Å². The first-order valence-electron chi connectivity index (χ1n) is 7.79. The third-order valence-corrected chi connectivity index (χ3v) is 4.35. The number of rotatable bonds is 7. The summed E-state index contributed by atoms with van der Waals surface area (Å²) >= 11 is 1.37. The van der Waals surface area contributed by atoms with Gasteiger partial charge in [-0.05, 0) is 30.4 Å². The number of nitrogens with zero attached hydrogens (tertiary/aromatic N) is 1. The van der Waals surface area contributed by atoms with Gasteiger partial charge in [0.15, 0.2) is 0 Å². The highest BCUT2D eigenvalue weighted by Gasteiger charge is 2.22. The van der Waals surface area contributed by atoms with Crippen molar-refractivity contribution in [3.05, 3.63) is 58.3 Å². The number of nitrogens with one attached hydrogen (secondary N) is 1. The fourth-order valence-electron chi connectivity index (χ4n) is 2.35. The van der Waals surface area contributed by atoms with Gasteiger partial charge in [-0.25, -0.2) is 0 Å². The van der Waals surface area contributed by atoms with Crippen LogP contribution >= 0.6 is 11.3 Å². The summed E-state index contributed by atoms with van der Waals surface area (Å²) in [5.74, 6) is -0.252. The summed E-state index contributed by atoms with van der Waals surface area (Å²) in [6.07, 6.45) is 0.879. The van der Waals surface area contributed by atoms with Gasteiger partial charge in [0.2, 0.25) is 5.91 Å². The second kappa shape index (κ2) is 8.48. The molecule has 1 aromatic carbocycles. The molecule has 0 radical (unpaired) electrons. The first-order valence-corrected chi connectivity index (χ1v) is 8.67. The average Bonchev–Trinajstić information content (AvgIpc) is 3.09. The average molecular weight is 330 g/mol. The van der Waals surface area contributed by atoms with E-state index >= 15 is 0 Å². The highest BCUT2D eigenvalue weighted by Crippen LogP contribution is 2.10. The van der Waals surface area contributed by atoms with Crippen molar-refractivity contribution < 1.29 is 9.59 Å². The van der Waals surface area contributed by atoms with Crippen LogP contribution in [0.2, 0.25) is 0 Å². The maximum Gasteiger partial charge on any atom is 0.261 e. The zero-order valence-electron chi connectivity index (χ0n) is 13.5. The van der Waals surface area contributed by atoms with E-state index in [-0.39, 0.29) is 11.8 Å². The van der Waals surface area contributed by atoms with Crippen molar-refractivity contribution in [2.45, 2.75) is 32.9 Å². The quantitative estimate of drug-likeness (QED) is 0.847. The Morgan fingerprint density at radius 1 is 1.17 bits per heavy atom. The highest BCUT2D eigenvalue weighted by atomic mass is 32.1. The van der Waals surface area contributed by atoms with Crippen LogP contribution in [0.3, 0.4) is 0 Å². The molecule has 2 rings (SSSR count). The standard InChI is InChI=1S/C18H22N2O2S/c1-3-11-20(13-15-8-5-4-6-9-15)18(22)14(2)19-17(21)16-10-7-12-23-16/h4-10,12,14H,3,11,13H2,1-2H3,(H,19,21). The molecule has 0 aliphatic carbocycles. The van der Waals surface area contributed by atoms with Crippen LogP contribution < -0.4 is 5.32 Å². The largest absolute Gasteiger partial charge is 0.340 e. The molecule has 1 atom stereocenters. The molecular formula is C18H22N2O2S. The Labute approximate surface area is 141 Å². The predicted octanol–water partition coefficient (Wildman–Crippen LogP) is 3.31. The number of carbonyl (C=O) groups excluding carboxylic acids is 2. The van der Waals surface area contributed by atoms with Gasteiger partial charge >= 0.3 is 0 Å². The second-order valence-corrected chi connectivity index (χ2v) is 6.37. The Morgan fingerprint density at radius 3 is 2.52 bits per heavy atom. The fourth-order valence-corrected chi connectivity index (χ4v) is 2.98. The number of hydrogen-bond acceptors (Lipinski definition) is 3. The molecule has 4 nitrogen and oxygen atoms in total. The van der Waals surface area contributed by atoms with Crippen LogP contribution in [0.25, 0.3) is 0 Å². The molecule has 0 aliphatic heterocycles. The summed E-state index contributed by atoms with van der Waals surface area (Å²) in [6, 6.07) is 12.9. The first-order chi connectivity index (χ1) is 11.1. The lowest BCUT2D eigenvalue weighted by Crippen LogP contribution is -2.46.